The number of benzene rings is 1. The average molecular weight is 290 g/mol. The lowest BCUT2D eigenvalue weighted by Gasteiger charge is -2.14. The van der Waals surface area contributed by atoms with Gasteiger partial charge in [-0.1, -0.05) is 28.9 Å². The predicted octanol–water partition coefficient (Wildman–Crippen LogP) is 2.93. The Morgan fingerprint density at radius 1 is 1.50 bits per heavy atom. The van der Waals surface area contributed by atoms with Gasteiger partial charge in [-0.25, -0.2) is 4.39 Å². The number of hydrogen-bond acceptors (Lipinski definition) is 2. The Kier molecular flexibility index (Phi) is 5.95. The van der Waals surface area contributed by atoms with Crippen LogP contribution in [0.15, 0.2) is 22.7 Å². The van der Waals surface area contributed by atoms with Gasteiger partial charge in [0.25, 0.3) is 0 Å². The van der Waals surface area contributed by atoms with Gasteiger partial charge in [-0.15, -0.1) is 0 Å². The second kappa shape index (κ2) is 6.99. The van der Waals surface area contributed by atoms with E-state index in [2.05, 4.69) is 28.2 Å². The van der Waals surface area contributed by atoms with Crippen molar-refractivity contribution in [2.45, 2.75) is 12.8 Å². The largest absolute Gasteiger partial charge is 0.383 e. The van der Waals surface area contributed by atoms with Gasteiger partial charge in [0.05, 0.1) is 6.61 Å². The fourth-order valence-corrected chi connectivity index (χ4v) is 2.25. The standard InChI is InChI=1S/C12H17BrFNO/c1-9(8-15-5-6-16-2)11-4-3-10(14)7-12(11)13/h3-4,7,9,15H,5-6,8H2,1-2H3. The van der Waals surface area contributed by atoms with Gasteiger partial charge in [0, 0.05) is 24.7 Å². The summed E-state index contributed by atoms with van der Waals surface area (Å²) in [6.07, 6.45) is 0. The smallest absolute Gasteiger partial charge is 0.124 e. The Hall–Kier alpha value is -0.450. The Morgan fingerprint density at radius 3 is 2.88 bits per heavy atom. The van der Waals surface area contributed by atoms with Crippen molar-refractivity contribution in [3.8, 4) is 0 Å². The molecular formula is C12H17BrFNO. The van der Waals surface area contributed by atoms with Crippen LogP contribution in [0.5, 0.6) is 0 Å². The molecule has 4 heteroatoms. The zero-order valence-corrected chi connectivity index (χ0v) is 11.2. The third-order valence-corrected chi connectivity index (χ3v) is 3.11. The summed E-state index contributed by atoms with van der Waals surface area (Å²) in [5, 5.41) is 3.29. The fraction of sp³-hybridized carbons (Fsp3) is 0.500. The minimum Gasteiger partial charge on any atom is -0.383 e. The summed E-state index contributed by atoms with van der Waals surface area (Å²) in [5.74, 6) is 0.127. The molecule has 0 spiro atoms. The molecule has 2 nitrogen and oxygen atoms in total. The average Bonchev–Trinajstić information content (AvgIpc) is 2.24. The lowest BCUT2D eigenvalue weighted by molar-refractivity contribution is 0.199. The molecular weight excluding hydrogens is 273 g/mol. The van der Waals surface area contributed by atoms with Crippen LogP contribution in [0.1, 0.15) is 18.4 Å². The van der Waals surface area contributed by atoms with Crippen molar-refractivity contribution >= 4 is 15.9 Å². The molecule has 1 aromatic rings. The van der Waals surface area contributed by atoms with Crippen molar-refractivity contribution in [1.29, 1.82) is 0 Å². The lowest BCUT2D eigenvalue weighted by Crippen LogP contribution is -2.24. The van der Waals surface area contributed by atoms with Crippen molar-refractivity contribution < 1.29 is 9.13 Å². The topological polar surface area (TPSA) is 21.3 Å². The van der Waals surface area contributed by atoms with Gasteiger partial charge < -0.3 is 10.1 Å². The van der Waals surface area contributed by atoms with E-state index in [1.54, 1.807) is 7.11 Å². The highest BCUT2D eigenvalue weighted by Crippen LogP contribution is 2.25. The lowest BCUT2D eigenvalue weighted by atomic mass is 10.0. The molecule has 0 aromatic heterocycles. The van der Waals surface area contributed by atoms with E-state index < -0.39 is 0 Å². The molecule has 1 N–H and O–H groups in total. The fourth-order valence-electron chi connectivity index (χ4n) is 1.50. The van der Waals surface area contributed by atoms with E-state index in [1.165, 1.54) is 12.1 Å². The van der Waals surface area contributed by atoms with Gasteiger partial charge in [0.1, 0.15) is 5.82 Å². The molecule has 0 heterocycles. The molecule has 1 unspecified atom stereocenters. The Morgan fingerprint density at radius 2 is 2.25 bits per heavy atom. The van der Waals surface area contributed by atoms with E-state index >= 15 is 0 Å². The first-order valence-electron chi connectivity index (χ1n) is 5.29. The Labute approximate surface area is 104 Å². The minimum atomic E-state index is -0.213. The summed E-state index contributed by atoms with van der Waals surface area (Å²) in [6, 6.07) is 4.81. The first kappa shape index (κ1) is 13.6. The number of rotatable bonds is 6. The number of methoxy groups -OCH3 is 1. The van der Waals surface area contributed by atoms with Gasteiger partial charge >= 0.3 is 0 Å². The van der Waals surface area contributed by atoms with E-state index in [4.69, 9.17) is 4.74 Å². The molecule has 90 valence electrons. The maximum atomic E-state index is 12.9. The van der Waals surface area contributed by atoms with Gasteiger partial charge in [-0.3, -0.25) is 0 Å². The SMILES string of the molecule is COCCNCC(C)c1ccc(F)cc1Br. The van der Waals surface area contributed by atoms with Crippen LogP contribution in [0.4, 0.5) is 4.39 Å². The second-order valence-electron chi connectivity index (χ2n) is 3.76. The number of nitrogens with one attached hydrogen (secondary N) is 1. The Bertz CT molecular complexity index is 333. The van der Waals surface area contributed by atoms with E-state index in [9.17, 15) is 4.39 Å². The van der Waals surface area contributed by atoms with Gasteiger partial charge in [0.15, 0.2) is 0 Å². The normalized spacial score (nSPS) is 12.8. The van der Waals surface area contributed by atoms with Crippen molar-refractivity contribution in [3.63, 3.8) is 0 Å². The van der Waals surface area contributed by atoms with E-state index in [0.29, 0.717) is 12.5 Å². The van der Waals surface area contributed by atoms with Crippen LogP contribution < -0.4 is 5.32 Å². The van der Waals surface area contributed by atoms with E-state index in [0.717, 1.165) is 23.1 Å². The van der Waals surface area contributed by atoms with Crippen LogP contribution in [0.25, 0.3) is 0 Å². The molecule has 16 heavy (non-hydrogen) atoms. The molecule has 0 aliphatic carbocycles. The molecule has 0 bridgehead atoms. The van der Waals surface area contributed by atoms with E-state index in [1.807, 2.05) is 6.07 Å². The molecule has 0 aliphatic rings. The molecule has 0 fully saturated rings. The van der Waals surface area contributed by atoms with Crippen LogP contribution in [-0.4, -0.2) is 26.8 Å². The van der Waals surface area contributed by atoms with Crippen molar-refractivity contribution in [1.82, 2.24) is 5.32 Å². The number of hydrogen-bond donors (Lipinski definition) is 1. The number of ether oxygens (including phenoxy) is 1. The minimum absolute atomic E-state index is 0.213. The molecule has 0 amide bonds. The van der Waals surface area contributed by atoms with Crippen molar-refractivity contribution in [2.75, 3.05) is 26.8 Å². The summed E-state index contributed by atoms with van der Waals surface area (Å²) in [7, 11) is 1.68. The van der Waals surface area contributed by atoms with Crippen molar-refractivity contribution in [2.24, 2.45) is 0 Å². The predicted molar refractivity (Wildman–Crippen MR) is 67.3 cm³/mol. The monoisotopic (exact) mass is 289 g/mol. The summed E-state index contributed by atoms with van der Waals surface area (Å²) in [5.41, 5.74) is 1.12. The highest BCUT2D eigenvalue weighted by Gasteiger charge is 2.09. The molecule has 0 aliphatic heterocycles. The van der Waals surface area contributed by atoms with Crippen LogP contribution in [0.2, 0.25) is 0 Å². The van der Waals surface area contributed by atoms with Gasteiger partial charge in [0.2, 0.25) is 0 Å². The molecule has 0 radical (unpaired) electrons. The van der Waals surface area contributed by atoms with Crippen LogP contribution >= 0.6 is 15.9 Å². The van der Waals surface area contributed by atoms with Gasteiger partial charge in [-0.2, -0.15) is 0 Å². The summed E-state index contributed by atoms with van der Waals surface area (Å²) in [6.45, 7) is 4.50. The summed E-state index contributed by atoms with van der Waals surface area (Å²) in [4.78, 5) is 0. The van der Waals surface area contributed by atoms with Gasteiger partial charge in [-0.05, 0) is 23.6 Å². The number of halogens is 2. The van der Waals surface area contributed by atoms with Crippen LogP contribution in [0, 0.1) is 5.82 Å². The van der Waals surface area contributed by atoms with E-state index in [-0.39, 0.29) is 5.82 Å². The highest BCUT2D eigenvalue weighted by atomic mass is 79.9. The Balaban J connectivity index is 2.49. The first-order chi connectivity index (χ1) is 7.65. The molecule has 1 rings (SSSR count). The summed E-state index contributed by atoms with van der Waals surface area (Å²) < 4.78 is 18.7. The van der Waals surface area contributed by atoms with Crippen LogP contribution in [0.3, 0.4) is 0 Å². The van der Waals surface area contributed by atoms with Crippen LogP contribution in [-0.2, 0) is 4.74 Å². The summed E-state index contributed by atoms with van der Waals surface area (Å²) >= 11 is 3.38. The highest BCUT2D eigenvalue weighted by molar-refractivity contribution is 9.10. The second-order valence-corrected chi connectivity index (χ2v) is 4.62. The molecule has 1 aromatic carbocycles. The zero-order valence-electron chi connectivity index (χ0n) is 9.59. The quantitative estimate of drug-likeness (QED) is 0.813. The first-order valence-corrected chi connectivity index (χ1v) is 6.09. The third kappa shape index (κ3) is 4.20. The maximum Gasteiger partial charge on any atom is 0.124 e. The third-order valence-electron chi connectivity index (χ3n) is 2.43. The zero-order chi connectivity index (χ0) is 12.0. The molecule has 0 saturated heterocycles. The molecule has 0 saturated carbocycles. The van der Waals surface area contributed by atoms with Crippen molar-refractivity contribution in [3.05, 3.63) is 34.1 Å². The molecule has 1 atom stereocenters. The maximum absolute atomic E-state index is 12.9.